The molecule has 0 fully saturated rings. The van der Waals surface area contributed by atoms with Crippen LogP contribution in [0.4, 0.5) is 0 Å². The van der Waals surface area contributed by atoms with Crippen molar-refractivity contribution in [3.8, 4) is 11.1 Å². The minimum Gasteiger partial charge on any atom is -0.456 e. The summed E-state index contributed by atoms with van der Waals surface area (Å²) in [6.07, 6.45) is 0. The molecule has 0 unspecified atom stereocenters. The summed E-state index contributed by atoms with van der Waals surface area (Å²) in [5.41, 5.74) is 8.45. The van der Waals surface area contributed by atoms with Crippen molar-refractivity contribution in [1.29, 1.82) is 0 Å². The van der Waals surface area contributed by atoms with Crippen molar-refractivity contribution >= 4 is 43.9 Å². The van der Waals surface area contributed by atoms with E-state index >= 15 is 0 Å². The van der Waals surface area contributed by atoms with Crippen LogP contribution in [0.15, 0.2) is 81.6 Å². The van der Waals surface area contributed by atoms with Crippen molar-refractivity contribution in [2.24, 2.45) is 0 Å². The van der Waals surface area contributed by atoms with Gasteiger partial charge in [-0.1, -0.05) is 42.0 Å². The summed E-state index contributed by atoms with van der Waals surface area (Å²) in [6, 6.07) is 25.4. The summed E-state index contributed by atoms with van der Waals surface area (Å²) in [5, 5.41) is 4.66. The zero-order chi connectivity index (χ0) is 18.8. The van der Waals surface area contributed by atoms with E-state index in [1.807, 2.05) is 12.1 Å². The van der Waals surface area contributed by atoms with Crippen molar-refractivity contribution in [1.82, 2.24) is 0 Å². The Hall–Kier alpha value is -3.52. The molecule has 0 aliphatic carbocycles. The second-order valence-corrected chi connectivity index (χ2v) is 7.53. The highest BCUT2D eigenvalue weighted by Gasteiger charge is 2.14. The molecule has 6 aromatic rings. The van der Waals surface area contributed by atoms with Gasteiger partial charge in [-0.25, -0.2) is 0 Å². The number of para-hydroxylation sites is 1. The van der Waals surface area contributed by atoms with Gasteiger partial charge in [0.25, 0.3) is 0 Å². The first-order chi connectivity index (χ1) is 13.7. The van der Waals surface area contributed by atoms with Crippen molar-refractivity contribution in [2.75, 3.05) is 0 Å². The Kier molecular flexibility index (Phi) is 3.05. The van der Waals surface area contributed by atoms with Crippen molar-refractivity contribution in [3.63, 3.8) is 0 Å². The normalized spacial score (nSPS) is 11.9. The molecule has 0 bridgehead atoms. The minimum absolute atomic E-state index is 0.919. The third-order valence-electron chi connectivity index (χ3n) is 5.73. The van der Waals surface area contributed by atoms with Crippen molar-refractivity contribution in [3.05, 3.63) is 83.9 Å². The highest BCUT2D eigenvalue weighted by molar-refractivity contribution is 6.09. The summed E-state index contributed by atoms with van der Waals surface area (Å²) in [4.78, 5) is 0. The van der Waals surface area contributed by atoms with E-state index in [1.165, 1.54) is 16.5 Å². The quantitative estimate of drug-likeness (QED) is 0.299. The van der Waals surface area contributed by atoms with Crippen LogP contribution >= 0.6 is 0 Å². The number of fused-ring (bicyclic) bond motifs is 6. The Morgan fingerprint density at radius 1 is 0.571 bits per heavy atom. The van der Waals surface area contributed by atoms with Crippen LogP contribution in [0.2, 0.25) is 0 Å². The first kappa shape index (κ1) is 15.5. The van der Waals surface area contributed by atoms with Gasteiger partial charge in [0.2, 0.25) is 0 Å². The van der Waals surface area contributed by atoms with Gasteiger partial charge in [-0.2, -0.15) is 0 Å². The molecule has 0 N–H and O–H groups in total. The second-order valence-electron chi connectivity index (χ2n) is 7.53. The molecule has 134 valence electrons. The van der Waals surface area contributed by atoms with Gasteiger partial charge >= 0.3 is 0 Å². The maximum absolute atomic E-state index is 6.17. The number of aryl methyl sites for hydroxylation is 2. The number of hydrogen-bond donors (Lipinski definition) is 0. The highest BCUT2D eigenvalue weighted by Crippen LogP contribution is 2.38. The fourth-order valence-corrected chi connectivity index (χ4v) is 4.29. The topological polar surface area (TPSA) is 26.3 Å². The van der Waals surface area contributed by atoms with Gasteiger partial charge < -0.3 is 8.83 Å². The molecule has 0 spiro atoms. The summed E-state index contributed by atoms with van der Waals surface area (Å²) >= 11 is 0. The summed E-state index contributed by atoms with van der Waals surface area (Å²) in [6.45, 7) is 4.24. The van der Waals surface area contributed by atoms with Crippen LogP contribution in [0, 0.1) is 13.8 Å². The van der Waals surface area contributed by atoms with Crippen LogP contribution in [0.25, 0.3) is 55.0 Å². The Labute approximate surface area is 162 Å². The molecule has 0 saturated carbocycles. The third kappa shape index (κ3) is 2.09. The predicted molar refractivity (Wildman–Crippen MR) is 116 cm³/mol. The highest BCUT2D eigenvalue weighted by atomic mass is 16.3. The number of rotatable bonds is 1. The lowest BCUT2D eigenvalue weighted by Crippen LogP contribution is -1.84. The Bertz CT molecular complexity index is 1530. The number of hydrogen-bond acceptors (Lipinski definition) is 2. The number of benzene rings is 4. The van der Waals surface area contributed by atoms with E-state index in [9.17, 15) is 0 Å². The lowest BCUT2D eigenvalue weighted by molar-refractivity contribution is 0.665. The van der Waals surface area contributed by atoms with E-state index in [1.54, 1.807) is 0 Å². The summed E-state index contributed by atoms with van der Waals surface area (Å²) in [5.74, 6) is 0. The van der Waals surface area contributed by atoms with Crippen molar-refractivity contribution in [2.45, 2.75) is 13.8 Å². The lowest BCUT2D eigenvalue weighted by Gasteiger charge is -2.07. The Balaban J connectivity index is 1.59. The SMILES string of the molecule is Cc1ccc2oc3cc(-c4ccc5c(oc6ccccc65)c4C)ccc3c2c1. The Morgan fingerprint density at radius 2 is 1.36 bits per heavy atom. The van der Waals surface area contributed by atoms with Gasteiger partial charge in [0.15, 0.2) is 0 Å². The van der Waals surface area contributed by atoms with Gasteiger partial charge in [-0.15, -0.1) is 0 Å². The maximum Gasteiger partial charge on any atom is 0.138 e. The zero-order valence-corrected chi connectivity index (χ0v) is 15.7. The molecule has 0 radical (unpaired) electrons. The Morgan fingerprint density at radius 3 is 2.29 bits per heavy atom. The van der Waals surface area contributed by atoms with E-state index in [2.05, 4.69) is 74.5 Å². The number of furan rings is 2. The molecule has 2 aromatic heterocycles. The second kappa shape index (κ2) is 5.49. The standard InChI is InChI=1S/C26H18O2/c1-15-7-12-24-22(13-15)20-9-8-17(14-25(20)27-24)18-10-11-21-19-5-3-4-6-23(19)28-26(21)16(18)2/h3-14H,1-2H3. The van der Waals surface area contributed by atoms with Crippen LogP contribution in [0.5, 0.6) is 0 Å². The van der Waals surface area contributed by atoms with Gasteiger partial charge in [0, 0.05) is 27.1 Å². The third-order valence-corrected chi connectivity index (χ3v) is 5.73. The molecule has 2 nitrogen and oxygen atoms in total. The van der Waals surface area contributed by atoms with Gasteiger partial charge in [0.05, 0.1) is 0 Å². The first-order valence-corrected chi connectivity index (χ1v) is 9.53. The molecular formula is C26H18O2. The van der Waals surface area contributed by atoms with Crippen LogP contribution < -0.4 is 0 Å². The molecule has 0 aliphatic rings. The monoisotopic (exact) mass is 362 g/mol. The molecular weight excluding hydrogens is 344 g/mol. The van der Waals surface area contributed by atoms with Gasteiger partial charge in [0.1, 0.15) is 22.3 Å². The molecule has 0 atom stereocenters. The van der Waals surface area contributed by atoms with Crippen LogP contribution in [0.3, 0.4) is 0 Å². The molecule has 0 amide bonds. The van der Waals surface area contributed by atoms with Gasteiger partial charge in [-0.05, 0) is 61.4 Å². The minimum atomic E-state index is 0.919. The zero-order valence-electron chi connectivity index (χ0n) is 15.7. The van der Waals surface area contributed by atoms with E-state index in [4.69, 9.17) is 8.83 Å². The molecule has 4 aromatic carbocycles. The first-order valence-electron chi connectivity index (χ1n) is 9.53. The molecule has 0 aliphatic heterocycles. The molecule has 28 heavy (non-hydrogen) atoms. The maximum atomic E-state index is 6.17. The van der Waals surface area contributed by atoms with Crippen molar-refractivity contribution < 1.29 is 8.83 Å². The average Bonchev–Trinajstić information content (AvgIpc) is 3.26. The van der Waals surface area contributed by atoms with Crippen LogP contribution in [0.1, 0.15) is 11.1 Å². The lowest BCUT2D eigenvalue weighted by atomic mass is 9.97. The molecule has 6 rings (SSSR count). The fraction of sp³-hybridized carbons (Fsp3) is 0.0769. The fourth-order valence-electron chi connectivity index (χ4n) is 4.29. The summed E-state index contributed by atoms with van der Waals surface area (Å²) < 4.78 is 12.3. The van der Waals surface area contributed by atoms with Crippen LogP contribution in [-0.2, 0) is 0 Å². The van der Waals surface area contributed by atoms with Crippen LogP contribution in [-0.4, -0.2) is 0 Å². The molecule has 2 heterocycles. The summed E-state index contributed by atoms with van der Waals surface area (Å²) in [7, 11) is 0. The van der Waals surface area contributed by atoms with E-state index in [0.29, 0.717) is 0 Å². The average molecular weight is 362 g/mol. The van der Waals surface area contributed by atoms with E-state index < -0.39 is 0 Å². The van der Waals surface area contributed by atoms with E-state index in [0.717, 1.165) is 49.6 Å². The predicted octanol–water partition coefficient (Wildman–Crippen LogP) is 7.77. The van der Waals surface area contributed by atoms with E-state index in [-0.39, 0.29) is 0 Å². The van der Waals surface area contributed by atoms with Gasteiger partial charge in [-0.3, -0.25) is 0 Å². The largest absolute Gasteiger partial charge is 0.456 e. The molecule has 2 heteroatoms. The molecule has 0 saturated heterocycles. The smallest absolute Gasteiger partial charge is 0.138 e.